The summed E-state index contributed by atoms with van der Waals surface area (Å²) in [7, 11) is 0. The number of epoxide rings is 1. The molecule has 4 heteroatoms. The fourth-order valence-corrected chi connectivity index (χ4v) is 2.70. The highest BCUT2D eigenvalue weighted by Gasteiger charge is 2.42. The van der Waals surface area contributed by atoms with E-state index in [-0.39, 0.29) is 18.6 Å². The maximum atomic E-state index is 10.4. The van der Waals surface area contributed by atoms with Gasteiger partial charge in [-0.1, -0.05) is 57.6 Å². The molecule has 3 atom stereocenters. The van der Waals surface area contributed by atoms with Gasteiger partial charge in [-0.05, 0) is 25.7 Å². The van der Waals surface area contributed by atoms with Crippen LogP contribution in [0.2, 0.25) is 0 Å². The number of unbranched alkanes of at least 4 members (excludes halogenated alkanes) is 7. The number of carboxylic acids is 1. The topological polar surface area (TPSA) is 70.1 Å². The summed E-state index contributed by atoms with van der Waals surface area (Å²) in [4.78, 5) is 10.4. The van der Waals surface area contributed by atoms with Crippen molar-refractivity contribution < 1.29 is 19.7 Å². The first-order valence-corrected chi connectivity index (χ1v) is 8.87. The van der Waals surface area contributed by atoms with Crippen molar-refractivity contribution in [3.05, 3.63) is 12.2 Å². The Kier molecular flexibility index (Phi) is 10.2. The Bertz CT molecular complexity index is 327. The van der Waals surface area contributed by atoms with E-state index in [0.717, 1.165) is 44.9 Å². The molecule has 0 aromatic rings. The monoisotopic (exact) mass is 312 g/mol. The summed E-state index contributed by atoms with van der Waals surface area (Å²) in [5.41, 5.74) is 0. The van der Waals surface area contributed by atoms with Gasteiger partial charge in [0.2, 0.25) is 0 Å². The lowest BCUT2D eigenvalue weighted by Crippen LogP contribution is -2.13. The molecule has 1 fully saturated rings. The third-order valence-electron chi connectivity index (χ3n) is 4.15. The number of allylic oxidation sites excluding steroid dienone is 1. The smallest absolute Gasteiger partial charge is 0.303 e. The zero-order valence-electron chi connectivity index (χ0n) is 13.9. The third kappa shape index (κ3) is 9.21. The number of aliphatic hydroxyl groups excluding tert-OH is 1. The van der Waals surface area contributed by atoms with E-state index in [2.05, 4.69) is 13.0 Å². The van der Waals surface area contributed by atoms with Crippen molar-refractivity contribution in [3.8, 4) is 0 Å². The van der Waals surface area contributed by atoms with Gasteiger partial charge in [0.25, 0.3) is 0 Å². The number of aliphatic hydroxyl groups is 1. The standard InChI is InChI=1S/C18H32O4/c1-2-3-4-6-9-12-15(19)18-16(22-18)13-10-7-5-8-11-14-17(20)21/h9,12,15-16,18-19H,2-8,10-11,13-14H2,1H3,(H,20,21)/b12-9+. The molecule has 0 radical (unpaired) electrons. The molecule has 1 aliphatic rings. The summed E-state index contributed by atoms with van der Waals surface area (Å²) < 4.78 is 5.54. The quantitative estimate of drug-likeness (QED) is 0.288. The van der Waals surface area contributed by atoms with Gasteiger partial charge in [-0.3, -0.25) is 4.79 Å². The summed E-state index contributed by atoms with van der Waals surface area (Å²) in [6.45, 7) is 2.19. The first-order chi connectivity index (χ1) is 10.6. The normalized spacial score (nSPS) is 22.1. The lowest BCUT2D eigenvalue weighted by molar-refractivity contribution is -0.137. The Labute approximate surface area is 134 Å². The Balaban J connectivity index is 1.93. The molecule has 1 saturated heterocycles. The van der Waals surface area contributed by atoms with E-state index in [1.807, 2.05) is 6.08 Å². The van der Waals surface area contributed by atoms with E-state index in [1.165, 1.54) is 19.3 Å². The van der Waals surface area contributed by atoms with Crippen molar-refractivity contribution in [2.45, 2.75) is 95.9 Å². The highest BCUT2D eigenvalue weighted by molar-refractivity contribution is 5.66. The summed E-state index contributed by atoms with van der Waals surface area (Å²) in [6.07, 6.45) is 14.8. The van der Waals surface area contributed by atoms with Crippen molar-refractivity contribution in [2.24, 2.45) is 0 Å². The van der Waals surface area contributed by atoms with Crippen molar-refractivity contribution in [3.63, 3.8) is 0 Å². The zero-order chi connectivity index (χ0) is 16.2. The highest BCUT2D eigenvalue weighted by atomic mass is 16.6. The Hall–Kier alpha value is -0.870. The third-order valence-corrected chi connectivity index (χ3v) is 4.15. The van der Waals surface area contributed by atoms with Gasteiger partial charge in [-0.2, -0.15) is 0 Å². The molecule has 128 valence electrons. The molecule has 4 nitrogen and oxygen atoms in total. The average molecular weight is 312 g/mol. The van der Waals surface area contributed by atoms with Crippen molar-refractivity contribution in [1.82, 2.24) is 0 Å². The Morgan fingerprint density at radius 3 is 2.59 bits per heavy atom. The number of aliphatic carboxylic acids is 1. The van der Waals surface area contributed by atoms with E-state index in [0.29, 0.717) is 0 Å². The number of ether oxygens (including phenoxy) is 1. The highest BCUT2D eigenvalue weighted by Crippen LogP contribution is 2.31. The van der Waals surface area contributed by atoms with Crippen LogP contribution in [-0.2, 0) is 9.53 Å². The van der Waals surface area contributed by atoms with Crippen LogP contribution in [0.15, 0.2) is 12.2 Å². The van der Waals surface area contributed by atoms with Crippen LogP contribution in [0.1, 0.15) is 77.6 Å². The maximum Gasteiger partial charge on any atom is 0.303 e. The molecule has 1 rings (SSSR count). The van der Waals surface area contributed by atoms with Crippen LogP contribution in [0.3, 0.4) is 0 Å². The Morgan fingerprint density at radius 2 is 1.86 bits per heavy atom. The molecule has 0 amide bonds. The molecule has 22 heavy (non-hydrogen) atoms. The minimum atomic E-state index is -0.703. The second kappa shape index (κ2) is 11.7. The molecule has 0 aliphatic carbocycles. The predicted octanol–water partition coefficient (Wildman–Crippen LogP) is 4.07. The second-order valence-corrected chi connectivity index (χ2v) is 6.25. The second-order valence-electron chi connectivity index (χ2n) is 6.25. The Morgan fingerprint density at radius 1 is 1.14 bits per heavy atom. The summed E-state index contributed by atoms with van der Waals surface area (Å²) in [6, 6.07) is 0. The summed E-state index contributed by atoms with van der Waals surface area (Å²) in [5.74, 6) is -0.703. The number of carboxylic acid groups (broad SMARTS) is 1. The fourth-order valence-electron chi connectivity index (χ4n) is 2.70. The molecular weight excluding hydrogens is 280 g/mol. The van der Waals surface area contributed by atoms with Gasteiger partial charge in [0.05, 0.1) is 6.10 Å². The van der Waals surface area contributed by atoms with Gasteiger partial charge < -0.3 is 14.9 Å². The molecule has 0 saturated carbocycles. The zero-order valence-corrected chi connectivity index (χ0v) is 13.9. The molecule has 1 heterocycles. The lowest BCUT2D eigenvalue weighted by Gasteiger charge is -2.01. The van der Waals surface area contributed by atoms with Crippen LogP contribution in [0.25, 0.3) is 0 Å². The van der Waals surface area contributed by atoms with Crippen molar-refractivity contribution in [1.29, 1.82) is 0 Å². The minimum Gasteiger partial charge on any atom is -0.481 e. The number of rotatable bonds is 14. The molecule has 2 N–H and O–H groups in total. The van der Waals surface area contributed by atoms with E-state index >= 15 is 0 Å². The molecule has 0 aromatic carbocycles. The first kappa shape index (κ1) is 19.2. The first-order valence-electron chi connectivity index (χ1n) is 8.87. The van der Waals surface area contributed by atoms with Gasteiger partial charge in [-0.25, -0.2) is 0 Å². The van der Waals surface area contributed by atoms with Crippen LogP contribution in [0.4, 0.5) is 0 Å². The van der Waals surface area contributed by atoms with E-state index < -0.39 is 12.1 Å². The van der Waals surface area contributed by atoms with E-state index in [9.17, 15) is 9.90 Å². The minimum absolute atomic E-state index is 0.00515. The van der Waals surface area contributed by atoms with Gasteiger partial charge >= 0.3 is 5.97 Å². The molecular formula is C18H32O4. The van der Waals surface area contributed by atoms with Gasteiger partial charge in [0, 0.05) is 6.42 Å². The van der Waals surface area contributed by atoms with Crippen molar-refractivity contribution >= 4 is 5.97 Å². The summed E-state index contributed by atoms with van der Waals surface area (Å²) in [5, 5.41) is 18.5. The van der Waals surface area contributed by atoms with E-state index in [4.69, 9.17) is 9.84 Å². The molecule has 1 aliphatic heterocycles. The number of hydrogen-bond donors (Lipinski definition) is 2. The van der Waals surface area contributed by atoms with Crippen LogP contribution in [0, 0.1) is 0 Å². The average Bonchev–Trinajstić information content (AvgIpc) is 3.25. The molecule has 0 bridgehead atoms. The molecule has 0 spiro atoms. The van der Waals surface area contributed by atoms with E-state index in [1.54, 1.807) is 0 Å². The number of carbonyl (C=O) groups is 1. The summed E-state index contributed by atoms with van der Waals surface area (Å²) >= 11 is 0. The maximum absolute atomic E-state index is 10.4. The van der Waals surface area contributed by atoms with Crippen LogP contribution in [0.5, 0.6) is 0 Å². The number of hydrogen-bond acceptors (Lipinski definition) is 3. The van der Waals surface area contributed by atoms with Crippen LogP contribution >= 0.6 is 0 Å². The van der Waals surface area contributed by atoms with Gasteiger partial charge in [-0.15, -0.1) is 0 Å². The molecule has 0 aromatic heterocycles. The SMILES string of the molecule is CCCCC/C=C/C(O)C1OC1CCCCCCCC(=O)O. The molecule has 3 unspecified atom stereocenters. The largest absolute Gasteiger partial charge is 0.481 e. The van der Waals surface area contributed by atoms with Crippen molar-refractivity contribution in [2.75, 3.05) is 0 Å². The lowest BCUT2D eigenvalue weighted by atomic mass is 10.0. The van der Waals surface area contributed by atoms with Crippen LogP contribution in [-0.4, -0.2) is 34.5 Å². The van der Waals surface area contributed by atoms with Gasteiger partial charge in [0.15, 0.2) is 0 Å². The van der Waals surface area contributed by atoms with Crippen LogP contribution < -0.4 is 0 Å². The van der Waals surface area contributed by atoms with Gasteiger partial charge in [0.1, 0.15) is 12.2 Å². The predicted molar refractivity (Wildman–Crippen MR) is 87.9 cm³/mol. The fraction of sp³-hybridized carbons (Fsp3) is 0.833.